The van der Waals surface area contributed by atoms with Gasteiger partial charge in [-0.25, -0.2) is 13.1 Å². The number of hydrogen-bond donors (Lipinski definition) is 0. The van der Waals surface area contributed by atoms with Crippen LogP contribution < -0.4 is 0 Å². The fraction of sp³-hybridized carbons (Fsp3) is 0.360. The molecule has 0 spiro atoms. The molecule has 0 bridgehead atoms. The summed E-state index contributed by atoms with van der Waals surface area (Å²) in [6.45, 7) is 2.63. The molecule has 2 saturated heterocycles. The van der Waals surface area contributed by atoms with Crippen molar-refractivity contribution in [2.24, 2.45) is 0 Å². The number of benzene rings is 2. The van der Waals surface area contributed by atoms with Gasteiger partial charge in [-0.3, -0.25) is 9.69 Å². The molecule has 2 aliphatic rings. The molecule has 1 amide bonds. The van der Waals surface area contributed by atoms with Crippen LogP contribution in [0.5, 0.6) is 0 Å². The van der Waals surface area contributed by atoms with Gasteiger partial charge in [-0.1, -0.05) is 41.9 Å². The van der Waals surface area contributed by atoms with Crippen LogP contribution in [0.3, 0.4) is 0 Å². The minimum Gasteiger partial charge on any atom is -0.340 e. The van der Waals surface area contributed by atoms with E-state index in [4.69, 9.17) is 16.7 Å². The van der Waals surface area contributed by atoms with Crippen molar-refractivity contribution < 1.29 is 13.2 Å². The number of para-hydroxylation sites is 1. The topological polar surface area (TPSA) is 75.5 Å². The maximum Gasteiger partial charge on any atom is 0.227 e. The number of sulfone groups is 1. The van der Waals surface area contributed by atoms with Crippen molar-refractivity contribution in [1.82, 2.24) is 19.6 Å². The van der Waals surface area contributed by atoms with Crippen LogP contribution in [0.4, 0.5) is 0 Å². The Morgan fingerprint density at radius 2 is 1.71 bits per heavy atom. The van der Waals surface area contributed by atoms with Crippen LogP contribution in [-0.2, 0) is 21.1 Å². The Hall–Kier alpha value is -2.68. The average molecular weight is 499 g/mol. The number of carbonyl (C=O) groups excluding carboxylic acids is 1. The Morgan fingerprint density at radius 3 is 2.35 bits per heavy atom. The molecule has 9 heteroatoms. The Bertz CT molecular complexity index is 1270. The molecule has 0 unspecified atom stereocenters. The summed E-state index contributed by atoms with van der Waals surface area (Å²) in [5.74, 6) is 0.571. The van der Waals surface area contributed by atoms with Crippen molar-refractivity contribution >= 4 is 27.3 Å². The second-order valence-electron chi connectivity index (χ2n) is 8.94. The number of piperazine rings is 1. The molecule has 178 valence electrons. The van der Waals surface area contributed by atoms with Gasteiger partial charge in [0.1, 0.15) is 0 Å². The molecule has 2 aromatic carbocycles. The number of carbonyl (C=O) groups is 1. The van der Waals surface area contributed by atoms with Gasteiger partial charge in [0.25, 0.3) is 0 Å². The SMILES string of the molecule is O=C(Cc1cn(-c2ccccc2)nc1-c1ccc(Cl)cc1)N1CCN([C@@H]2CCS(=O)(=O)C2)CC1. The van der Waals surface area contributed by atoms with Gasteiger partial charge in [0.2, 0.25) is 5.91 Å². The van der Waals surface area contributed by atoms with Crippen LogP contribution in [0.15, 0.2) is 60.8 Å². The molecule has 3 heterocycles. The summed E-state index contributed by atoms with van der Waals surface area (Å²) in [6.07, 6.45) is 2.87. The number of amides is 1. The summed E-state index contributed by atoms with van der Waals surface area (Å²) in [5.41, 5.74) is 3.47. The molecule has 1 aromatic heterocycles. The zero-order chi connectivity index (χ0) is 23.7. The predicted molar refractivity (Wildman–Crippen MR) is 133 cm³/mol. The highest BCUT2D eigenvalue weighted by Gasteiger charge is 2.34. The van der Waals surface area contributed by atoms with E-state index in [1.165, 1.54) is 0 Å². The molecule has 0 aliphatic carbocycles. The molecule has 0 radical (unpaired) electrons. The lowest BCUT2D eigenvalue weighted by molar-refractivity contribution is -0.132. The number of aromatic nitrogens is 2. The number of hydrogen-bond acceptors (Lipinski definition) is 5. The lowest BCUT2D eigenvalue weighted by Crippen LogP contribution is -2.52. The highest BCUT2D eigenvalue weighted by molar-refractivity contribution is 7.91. The second kappa shape index (κ2) is 9.52. The monoisotopic (exact) mass is 498 g/mol. The zero-order valence-corrected chi connectivity index (χ0v) is 20.4. The van der Waals surface area contributed by atoms with Crippen LogP contribution in [0, 0.1) is 0 Å². The van der Waals surface area contributed by atoms with Crippen LogP contribution in [0.2, 0.25) is 5.02 Å². The van der Waals surface area contributed by atoms with Crippen molar-refractivity contribution in [3.8, 4) is 16.9 Å². The number of halogens is 1. The maximum atomic E-state index is 13.2. The largest absolute Gasteiger partial charge is 0.340 e. The van der Waals surface area contributed by atoms with Crippen LogP contribution in [0.1, 0.15) is 12.0 Å². The summed E-state index contributed by atoms with van der Waals surface area (Å²) < 4.78 is 25.5. The highest BCUT2D eigenvalue weighted by atomic mass is 35.5. The van der Waals surface area contributed by atoms with Crippen molar-refractivity contribution in [2.75, 3.05) is 37.7 Å². The number of rotatable bonds is 5. The first-order chi connectivity index (χ1) is 16.4. The summed E-state index contributed by atoms with van der Waals surface area (Å²) >= 11 is 6.08. The Kier molecular flexibility index (Phi) is 6.46. The molecule has 3 aromatic rings. The smallest absolute Gasteiger partial charge is 0.227 e. The molecule has 34 heavy (non-hydrogen) atoms. The fourth-order valence-electron chi connectivity index (χ4n) is 4.78. The van der Waals surface area contributed by atoms with Gasteiger partial charge >= 0.3 is 0 Å². The highest BCUT2D eigenvalue weighted by Crippen LogP contribution is 2.26. The lowest BCUT2D eigenvalue weighted by atomic mass is 10.1. The van der Waals surface area contributed by atoms with E-state index in [1.807, 2.05) is 70.4 Å². The van der Waals surface area contributed by atoms with E-state index in [0.29, 0.717) is 37.6 Å². The molecule has 0 N–H and O–H groups in total. The van der Waals surface area contributed by atoms with Gasteiger partial charge in [0.05, 0.1) is 29.3 Å². The Labute approximate surface area is 204 Å². The molecular formula is C25H27ClN4O3S. The van der Waals surface area contributed by atoms with E-state index >= 15 is 0 Å². The van der Waals surface area contributed by atoms with Crippen LogP contribution in [0.25, 0.3) is 16.9 Å². The third-order valence-electron chi connectivity index (χ3n) is 6.66. The normalized spacial score (nSPS) is 20.5. The van der Waals surface area contributed by atoms with E-state index in [9.17, 15) is 13.2 Å². The summed E-state index contributed by atoms with van der Waals surface area (Å²) in [6, 6.07) is 17.4. The molecule has 2 fully saturated rings. The van der Waals surface area contributed by atoms with Crippen LogP contribution >= 0.6 is 11.6 Å². The maximum absolute atomic E-state index is 13.2. The minimum absolute atomic E-state index is 0.0570. The van der Waals surface area contributed by atoms with Gasteiger partial charge in [-0.05, 0) is 30.7 Å². The molecule has 7 nitrogen and oxygen atoms in total. The van der Waals surface area contributed by atoms with Gasteiger partial charge in [0.15, 0.2) is 9.84 Å². The van der Waals surface area contributed by atoms with Gasteiger partial charge in [-0.2, -0.15) is 5.10 Å². The lowest BCUT2D eigenvalue weighted by Gasteiger charge is -2.37. The second-order valence-corrected chi connectivity index (χ2v) is 11.6. The molecule has 0 saturated carbocycles. The van der Waals surface area contributed by atoms with Crippen molar-refractivity contribution in [3.05, 3.63) is 71.4 Å². The Morgan fingerprint density at radius 1 is 1.00 bits per heavy atom. The standard InChI is InChI=1S/C25H27ClN4O3S/c26-21-8-6-19(7-9-21)25-20(17-30(27-25)22-4-2-1-3-5-22)16-24(31)29-13-11-28(12-14-29)23-10-15-34(32,33)18-23/h1-9,17,23H,10-16,18H2/t23-/m1/s1. The Balaban J connectivity index is 1.32. The first-order valence-corrected chi connectivity index (χ1v) is 13.7. The zero-order valence-electron chi connectivity index (χ0n) is 18.8. The van der Waals surface area contributed by atoms with Crippen molar-refractivity contribution in [2.45, 2.75) is 18.9 Å². The summed E-state index contributed by atoms with van der Waals surface area (Å²) in [4.78, 5) is 17.3. The third-order valence-corrected chi connectivity index (χ3v) is 8.66. The number of nitrogens with zero attached hydrogens (tertiary/aromatic N) is 4. The molecule has 1 atom stereocenters. The quantitative estimate of drug-likeness (QED) is 0.540. The predicted octanol–water partition coefficient (Wildman–Crippen LogP) is 3.07. The van der Waals surface area contributed by atoms with E-state index < -0.39 is 9.84 Å². The van der Waals surface area contributed by atoms with Gasteiger partial charge in [0, 0.05) is 54.6 Å². The molecular weight excluding hydrogens is 472 g/mol. The first kappa shape index (κ1) is 23.1. The van der Waals surface area contributed by atoms with E-state index in [2.05, 4.69) is 4.90 Å². The first-order valence-electron chi connectivity index (χ1n) is 11.5. The van der Waals surface area contributed by atoms with Crippen molar-refractivity contribution in [3.63, 3.8) is 0 Å². The minimum atomic E-state index is -2.91. The van der Waals surface area contributed by atoms with E-state index in [-0.39, 0.29) is 29.9 Å². The summed E-state index contributed by atoms with van der Waals surface area (Å²) in [5, 5.41) is 5.44. The van der Waals surface area contributed by atoms with Crippen LogP contribution in [-0.4, -0.2) is 77.6 Å². The van der Waals surface area contributed by atoms with Gasteiger partial charge < -0.3 is 4.90 Å². The third kappa shape index (κ3) is 5.04. The molecule has 5 rings (SSSR count). The van der Waals surface area contributed by atoms with E-state index in [1.54, 1.807) is 0 Å². The fourth-order valence-corrected chi connectivity index (χ4v) is 6.66. The average Bonchev–Trinajstić information content (AvgIpc) is 3.43. The van der Waals surface area contributed by atoms with Gasteiger partial charge in [-0.15, -0.1) is 0 Å². The van der Waals surface area contributed by atoms with Crippen molar-refractivity contribution in [1.29, 1.82) is 0 Å². The molecule has 2 aliphatic heterocycles. The summed E-state index contributed by atoms with van der Waals surface area (Å²) in [7, 11) is -2.91. The van der Waals surface area contributed by atoms with E-state index in [0.717, 1.165) is 22.5 Å².